The summed E-state index contributed by atoms with van der Waals surface area (Å²) in [7, 11) is 1.62. The SMILES string of the molecule is CCOCCCNC(=NC)NCc1nccn1C(F)F.I. The van der Waals surface area contributed by atoms with Crippen molar-refractivity contribution in [3.8, 4) is 0 Å². The first kappa shape index (κ1) is 20.0. The largest absolute Gasteiger partial charge is 0.382 e. The summed E-state index contributed by atoms with van der Waals surface area (Å²) in [5.74, 6) is 0.808. The van der Waals surface area contributed by atoms with Gasteiger partial charge >= 0.3 is 6.55 Å². The maximum atomic E-state index is 12.6. The van der Waals surface area contributed by atoms with Gasteiger partial charge in [-0.15, -0.1) is 24.0 Å². The highest BCUT2D eigenvalue weighted by molar-refractivity contribution is 14.0. The third kappa shape index (κ3) is 7.55. The molecule has 0 atom stereocenters. The zero-order chi connectivity index (χ0) is 14.8. The normalized spacial score (nSPS) is 11.4. The van der Waals surface area contributed by atoms with Crippen LogP contribution in [0, 0.1) is 0 Å². The molecular weight excluding hydrogens is 395 g/mol. The zero-order valence-corrected chi connectivity index (χ0v) is 14.5. The van der Waals surface area contributed by atoms with Crippen molar-refractivity contribution in [2.24, 2.45) is 4.99 Å². The molecule has 1 aromatic heterocycles. The highest BCUT2D eigenvalue weighted by atomic mass is 127. The number of nitrogens with one attached hydrogen (secondary N) is 2. The Morgan fingerprint density at radius 1 is 1.48 bits per heavy atom. The number of rotatable bonds is 8. The molecule has 0 saturated heterocycles. The lowest BCUT2D eigenvalue weighted by molar-refractivity contribution is 0.0668. The highest BCUT2D eigenvalue weighted by Gasteiger charge is 2.11. The van der Waals surface area contributed by atoms with Crippen LogP contribution < -0.4 is 10.6 Å². The van der Waals surface area contributed by atoms with E-state index in [0.29, 0.717) is 25.7 Å². The summed E-state index contributed by atoms with van der Waals surface area (Å²) in [6.45, 7) is 1.61. The Bertz CT molecular complexity index is 414. The molecule has 122 valence electrons. The van der Waals surface area contributed by atoms with E-state index in [1.807, 2.05) is 6.92 Å². The smallest absolute Gasteiger partial charge is 0.319 e. The van der Waals surface area contributed by atoms with Crippen LogP contribution in [0.25, 0.3) is 0 Å². The lowest BCUT2D eigenvalue weighted by atomic mass is 10.4. The minimum Gasteiger partial charge on any atom is -0.382 e. The monoisotopic (exact) mass is 417 g/mol. The molecule has 0 bridgehead atoms. The van der Waals surface area contributed by atoms with Gasteiger partial charge in [-0.25, -0.2) is 4.98 Å². The van der Waals surface area contributed by atoms with E-state index in [9.17, 15) is 8.78 Å². The number of hydrogen-bond acceptors (Lipinski definition) is 3. The predicted molar refractivity (Wildman–Crippen MR) is 88.2 cm³/mol. The molecular formula is C12H22F2IN5O. The molecule has 0 amide bonds. The molecule has 0 spiro atoms. The van der Waals surface area contributed by atoms with Crippen molar-refractivity contribution < 1.29 is 13.5 Å². The van der Waals surface area contributed by atoms with Gasteiger partial charge in [-0.1, -0.05) is 0 Å². The van der Waals surface area contributed by atoms with Crippen LogP contribution in [0.2, 0.25) is 0 Å². The molecule has 1 aromatic rings. The van der Waals surface area contributed by atoms with Gasteiger partial charge in [-0.3, -0.25) is 9.56 Å². The van der Waals surface area contributed by atoms with Crippen molar-refractivity contribution in [2.45, 2.75) is 26.4 Å². The molecule has 0 aliphatic heterocycles. The van der Waals surface area contributed by atoms with Gasteiger partial charge in [0.1, 0.15) is 5.82 Å². The van der Waals surface area contributed by atoms with Gasteiger partial charge < -0.3 is 15.4 Å². The van der Waals surface area contributed by atoms with Gasteiger partial charge in [0.2, 0.25) is 0 Å². The van der Waals surface area contributed by atoms with Gasteiger partial charge in [0, 0.05) is 39.2 Å². The van der Waals surface area contributed by atoms with Crippen molar-refractivity contribution in [2.75, 3.05) is 26.8 Å². The Balaban J connectivity index is 0.00000400. The van der Waals surface area contributed by atoms with Crippen molar-refractivity contribution >= 4 is 29.9 Å². The second-order valence-electron chi connectivity index (χ2n) is 3.93. The Hall–Kier alpha value is -0.970. The molecule has 0 fully saturated rings. The molecule has 6 nitrogen and oxygen atoms in total. The lowest BCUT2D eigenvalue weighted by Gasteiger charge is -2.12. The average Bonchev–Trinajstić information content (AvgIpc) is 2.90. The van der Waals surface area contributed by atoms with E-state index in [1.165, 1.54) is 12.4 Å². The number of nitrogens with zero attached hydrogens (tertiary/aromatic N) is 3. The maximum Gasteiger partial charge on any atom is 0.319 e. The fourth-order valence-corrected chi connectivity index (χ4v) is 1.57. The number of guanidine groups is 1. The fourth-order valence-electron chi connectivity index (χ4n) is 1.57. The Kier molecular flexibility index (Phi) is 11.1. The van der Waals surface area contributed by atoms with Gasteiger partial charge in [-0.05, 0) is 13.3 Å². The average molecular weight is 417 g/mol. The summed E-state index contributed by atoms with van der Waals surface area (Å²) < 4.78 is 31.3. The molecule has 1 heterocycles. The standard InChI is InChI=1S/C12H21F2N5O.HI/c1-3-20-8-4-5-17-12(15-2)18-9-10-16-6-7-19(10)11(13)14;/h6-7,11H,3-5,8-9H2,1-2H3,(H2,15,17,18);1H. The number of alkyl halides is 2. The summed E-state index contributed by atoms with van der Waals surface area (Å²) in [4.78, 5) is 7.89. The number of imidazole rings is 1. The van der Waals surface area contributed by atoms with Crippen LogP contribution in [-0.4, -0.2) is 42.3 Å². The molecule has 0 aliphatic carbocycles. The topological polar surface area (TPSA) is 63.5 Å². The number of halogens is 3. The summed E-state index contributed by atoms with van der Waals surface area (Å²) >= 11 is 0. The summed E-state index contributed by atoms with van der Waals surface area (Å²) in [6, 6.07) is 0. The zero-order valence-electron chi connectivity index (χ0n) is 12.2. The van der Waals surface area contributed by atoms with Crippen LogP contribution in [0.3, 0.4) is 0 Å². The van der Waals surface area contributed by atoms with Gasteiger partial charge in [0.15, 0.2) is 5.96 Å². The van der Waals surface area contributed by atoms with E-state index in [-0.39, 0.29) is 36.3 Å². The number of aromatic nitrogens is 2. The highest BCUT2D eigenvalue weighted by Crippen LogP contribution is 2.11. The maximum absolute atomic E-state index is 12.6. The third-order valence-corrected chi connectivity index (χ3v) is 2.56. The first-order valence-corrected chi connectivity index (χ1v) is 6.51. The van der Waals surface area contributed by atoms with E-state index < -0.39 is 6.55 Å². The third-order valence-electron chi connectivity index (χ3n) is 2.56. The summed E-state index contributed by atoms with van der Waals surface area (Å²) in [5, 5.41) is 6.01. The minimum atomic E-state index is -2.59. The van der Waals surface area contributed by atoms with E-state index in [4.69, 9.17) is 4.74 Å². The number of hydrogen-bond donors (Lipinski definition) is 2. The van der Waals surface area contributed by atoms with Crippen LogP contribution >= 0.6 is 24.0 Å². The molecule has 9 heteroatoms. The number of aliphatic imine (C=N–C) groups is 1. The minimum absolute atomic E-state index is 0. The quantitative estimate of drug-likeness (QED) is 0.294. The summed E-state index contributed by atoms with van der Waals surface area (Å²) in [6.07, 6.45) is 3.45. The van der Waals surface area contributed by atoms with Crippen LogP contribution in [0.5, 0.6) is 0 Å². The first-order chi connectivity index (χ1) is 9.69. The van der Waals surface area contributed by atoms with Crippen molar-refractivity contribution in [3.63, 3.8) is 0 Å². The van der Waals surface area contributed by atoms with Crippen LogP contribution in [0.4, 0.5) is 8.78 Å². The fraction of sp³-hybridized carbons (Fsp3) is 0.667. The molecule has 0 unspecified atom stereocenters. The molecule has 1 rings (SSSR count). The van der Waals surface area contributed by atoms with Gasteiger partial charge in [-0.2, -0.15) is 8.78 Å². The molecule has 21 heavy (non-hydrogen) atoms. The predicted octanol–water partition coefficient (Wildman–Crippen LogP) is 1.99. The van der Waals surface area contributed by atoms with Gasteiger partial charge in [0.25, 0.3) is 0 Å². The second kappa shape index (κ2) is 11.7. The Morgan fingerprint density at radius 2 is 2.24 bits per heavy atom. The van der Waals surface area contributed by atoms with Gasteiger partial charge in [0.05, 0.1) is 6.54 Å². The molecule has 2 N–H and O–H groups in total. The first-order valence-electron chi connectivity index (χ1n) is 6.51. The lowest BCUT2D eigenvalue weighted by Crippen LogP contribution is -2.38. The van der Waals surface area contributed by atoms with E-state index in [1.54, 1.807) is 7.05 Å². The molecule has 0 saturated carbocycles. The molecule has 0 aromatic carbocycles. The van der Waals surface area contributed by atoms with Crippen LogP contribution in [0.15, 0.2) is 17.4 Å². The molecule has 0 radical (unpaired) electrons. The van der Waals surface area contributed by atoms with Crippen LogP contribution in [-0.2, 0) is 11.3 Å². The second-order valence-corrected chi connectivity index (χ2v) is 3.93. The number of ether oxygens (including phenoxy) is 1. The van der Waals surface area contributed by atoms with Crippen molar-refractivity contribution in [3.05, 3.63) is 18.2 Å². The van der Waals surface area contributed by atoms with Crippen molar-refractivity contribution in [1.29, 1.82) is 0 Å². The van der Waals surface area contributed by atoms with E-state index >= 15 is 0 Å². The molecule has 0 aliphatic rings. The Labute approximate surface area is 140 Å². The van der Waals surface area contributed by atoms with Crippen molar-refractivity contribution in [1.82, 2.24) is 20.2 Å². The van der Waals surface area contributed by atoms with E-state index in [0.717, 1.165) is 11.0 Å². The van der Waals surface area contributed by atoms with Crippen LogP contribution in [0.1, 0.15) is 25.7 Å². The Morgan fingerprint density at radius 3 is 2.86 bits per heavy atom. The van der Waals surface area contributed by atoms with E-state index in [2.05, 4.69) is 20.6 Å². The summed E-state index contributed by atoms with van der Waals surface area (Å²) in [5.41, 5.74) is 0.